The molecule has 0 aliphatic carbocycles. The summed E-state index contributed by atoms with van der Waals surface area (Å²) in [6, 6.07) is 0. The molecule has 0 atom stereocenters. The Morgan fingerprint density at radius 2 is 1.12 bits per heavy atom. The Labute approximate surface area is 105 Å². The monoisotopic (exact) mass is 241 g/mol. The van der Waals surface area contributed by atoms with Crippen molar-refractivity contribution in [3.63, 3.8) is 0 Å². The minimum absolute atomic E-state index is 1.13. The van der Waals surface area contributed by atoms with Crippen LogP contribution in [0.25, 0.3) is 0 Å². The Bertz CT molecular complexity index is 167. The van der Waals surface area contributed by atoms with Crippen LogP contribution in [0.3, 0.4) is 0 Å². The number of hydrogen-bond donors (Lipinski definition) is 3. The van der Waals surface area contributed by atoms with Crippen molar-refractivity contribution in [1.82, 2.24) is 25.8 Å². The highest BCUT2D eigenvalue weighted by Crippen LogP contribution is 1.91. The van der Waals surface area contributed by atoms with Crippen molar-refractivity contribution in [3.8, 4) is 0 Å². The molecule has 2 saturated heterocycles. The van der Waals surface area contributed by atoms with Crippen molar-refractivity contribution in [1.29, 1.82) is 0 Å². The predicted octanol–water partition coefficient (Wildman–Crippen LogP) is -1.61. The zero-order valence-electron chi connectivity index (χ0n) is 10.9. The predicted molar refractivity (Wildman–Crippen MR) is 71.5 cm³/mol. The van der Waals surface area contributed by atoms with Crippen molar-refractivity contribution in [2.24, 2.45) is 0 Å². The van der Waals surface area contributed by atoms with E-state index >= 15 is 0 Å². The molecule has 17 heavy (non-hydrogen) atoms. The highest BCUT2D eigenvalue weighted by molar-refractivity contribution is 4.70. The third kappa shape index (κ3) is 5.31. The van der Waals surface area contributed by atoms with Crippen molar-refractivity contribution in [3.05, 3.63) is 0 Å². The van der Waals surface area contributed by atoms with Gasteiger partial charge in [0.1, 0.15) is 0 Å². The molecule has 0 aromatic heterocycles. The van der Waals surface area contributed by atoms with E-state index in [0.717, 1.165) is 39.3 Å². The summed E-state index contributed by atoms with van der Waals surface area (Å²) in [7, 11) is 0. The highest BCUT2D eigenvalue weighted by atomic mass is 15.2. The molecule has 0 aromatic carbocycles. The van der Waals surface area contributed by atoms with E-state index in [1.54, 1.807) is 0 Å². The molecular formula is C12H27N5. The topological polar surface area (TPSA) is 42.6 Å². The Morgan fingerprint density at radius 3 is 1.53 bits per heavy atom. The number of nitrogens with zero attached hydrogens (tertiary/aromatic N) is 2. The first-order valence-corrected chi connectivity index (χ1v) is 7.02. The first-order chi connectivity index (χ1) is 8.45. The van der Waals surface area contributed by atoms with Gasteiger partial charge in [-0.25, -0.2) is 0 Å². The molecule has 0 spiro atoms. The van der Waals surface area contributed by atoms with Crippen LogP contribution >= 0.6 is 0 Å². The molecule has 0 radical (unpaired) electrons. The molecule has 0 saturated carbocycles. The fourth-order valence-electron chi connectivity index (χ4n) is 2.47. The van der Waals surface area contributed by atoms with Crippen molar-refractivity contribution >= 4 is 0 Å². The van der Waals surface area contributed by atoms with E-state index < -0.39 is 0 Å². The van der Waals surface area contributed by atoms with Gasteiger partial charge >= 0.3 is 0 Å². The van der Waals surface area contributed by atoms with Crippen LogP contribution in [0.5, 0.6) is 0 Å². The zero-order chi connectivity index (χ0) is 11.8. The van der Waals surface area contributed by atoms with Gasteiger partial charge in [0, 0.05) is 78.5 Å². The number of nitrogens with one attached hydrogen (secondary N) is 3. The average Bonchev–Trinajstić information content (AvgIpc) is 2.41. The second-order valence-corrected chi connectivity index (χ2v) is 4.93. The molecule has 2 aliphatic rings. The largest absolute Gasteiger partial charge is 0.314 e. The first kappa shape index (κ1) is 13.2. The Morgan fingerprint density at radius 1 is 0.706 bits per heavy atom. The van der Waals surface area contributed by atoms with E-state index in [-0.39, 0.29) is 0 Å². The quantitative estimate of drug-likeness (QED) is 0.488. The van der Waals surface area contributed by atoms with Gasteiger partial charge in [-0.05, 0) is 0 Å². The maximum absolute atomic E-state index is 3.56. The lowest BCUT2D eigenvalue weighted by molar-refractivity contribution is 0.227. The third-order valence-electron chi connectivity index (χ3n) is 3.63. The van der Waals surface area contributed by atoms with Crippen LogP contribution in [0.15, 0.2) is 0 Å². The molecule has 0 aromatic rings. The average molecular weight is 241 g/mol. The van der Waals surface area contributed by atoms with Gasteiger partial charge in [0.15, 0.2) is 0 Å². The van der Waals surface area contributed by atoms with Gasteiger partial charge in [-0.1, -0.05) is 0 Å². The lowest BCUT2D eigenvalue weighted by atomic mass is 10.3. The molecule has 5 nitrogen and oxygen atoms in total. The summed E-state index contributed by atoms with van der Waals surface area (Å²) in [4.78, 5) is 5.07. The lowest BCUT2D eigenvalue weighted by Gasteiger charge is -2.28. The molecule has 0 unspecified atom stereocenters. The van der Waals surface area contributed by atoms with Gasteiger partial charge in [-0.2, -0.15) is 0 Å². The van der Waals surface area contributed by atoms with Crippen LogP contribution in [0.2, 0.25) is 0 Å². The fraction of sp³-hybridized carbons (Fsp3) is 1.00. The minimum Gasteiger partial charge on any atom is -0.314 e. The summed E-state index contributed by atoms with van der Waals surface area (Å²) >= 11 is 0. The van der Waals surface area contributed by atoms with E-state index in [1.807, 2.05) is 0 Å². The third-order valence-corrected chi connectivity index (χ3v) is 3.63. The second kappa shape index (κ2) is 8.00. The summed E-state index contributed by atoms with van der Waals surface area (Å²) < 4.78 is 0. The van der Waals surface area contributed by atoms with E-state index in [2.05, 4.69) is 25.8 Å². The Hall–Kier alpha value is -0.200. The van der Waals surface area contributed by atoms with Gasteiger partial charge in [0.05, 0.1) is 0 Å². The molecule has 5 heteroatoms. The summed E-state index contributed by atoms with van der Waals surface area (Å²) in [6.07, 6.45) is 0. The molecule has 100 valence electrons. The van der Waals surface area contributed by atoms with Crippen molar-refractivity contribution < 1.29 is 0 Å². The minimum atomic E-state index is 1.13. The van der Waals surface area contributed by atoms with Gasteiger partial charge in [-0.3, -0.25) is 9.80 Å². The van der Waals surface area contributed by atoms with Crippen LogP contribution in [0.1, 0.15) is 0 Å². The lowest BCUT2D eigenvalue weighted by Crippen LogP contribution is -2.47. The molecule has 2 aliphatic heterocycles. The van der Waals surface area contributed by atoms with Gasteiger partial charge < -0.3 is 16.0 Å². The standard InChI is InChI=1S/C12H27N5/c1-7-16(8-2-13-1)11-5-15-6-12-17-9-3-14-4-10-17/h13-15H,1-12H2. The summed E-state index contributed by atoms with van der Waals surface area (Å²) in [5.74, 6) is 0. The molecule has 0 amide bonds. The van der Waals surface area contributed by atoms with Crippen molar-refractivity contribution in [2.45, 2.75) is 0 Å². The van der Waals surface area contributed by atoms with Gasteiger partial charge in [0.25, 0.3) is 0 Å². The van der Waals surface area contributed by atoms with Crippen LogP contribution in [0.4, 0.5) is 0 Å². The number of rotatable bonds is 6. The zero-order valence-corrected chi connectivity index (χ0v) is 10.9. The summed E-state index contributed by atoms with van der Waals surface area (Å²) in [5.41, 5.74) is 0. The molecule has 2 fully saturated rings. The van der Waals surface area contributed by atoms with Crippen LogP contribution in [-0.4, -0.2) is 88.3 Å². The van der Waals surface area contributed by atoms with Gasteiger partial charge in [-0.15, -0.1) is 0 Å². The van der Waals surface area contributed by atoms with Gasteiger partial charge in [0.2, 0.25) is 0 Å². The smallest absolute Gasteiger partial charge is 0.0108 e. The molecule has 2 rings (SSSR count). The SMILES string of the molecule is C1CN(CCNCCN2CCNCC2)CCN1. The molecule has 2 heterocycles. The van der Waals surface area contributed by atoms with Crippen LogP contribution < -0.4 is 16.0 Å². The van der Waals surface area contributed by atoms with Crippen molar-refractivity contribution in [2.75, 3.05) is 78.5 Å². The van der Waals surface area contributed by atoms with E-state index in [0.29, 0.717) is 0 Å². The molecule has 3 N–H and O–H groups in total. The Balaban J connectivity index is 1.42. The van der Waals surface area contributed by atoms with Crippen LogP contribution in [-0.2, 0) is 0 Å². The second-order valence-electron chi connectivity index (χ2n) is 4.93. The number of hydrogen-bond acceptors (Lipinski definition) is 5. The van der Waals surface area contributed by atoms with E-state index in [4.69, 9.17) is 0 Å². The highest BCUT2D eigenvalue weighted by Gasteiger charge is 2.09. The van der Waals surface area contributed by atoms with E-state index in [1.165, 1.54) is 39.3 Å². The van der Waals surface area contributed by atoms with Crippen LogP contribution in [0, 0.1) is 0 Å². The molecular weight excluding hydrogens is 214 g/mol. The normalized spacial score (nSPS) is 24.0. The fourth-order valence-corrected chi connectivity index (χ4v) is 2.47. The van der Waals surface area contributed by atoms with E-state index in [9.17, 15) is 0 Å². The maximum atomic E-state index is 3.56. The molecule has 0 bridgehead atoms. The maximum Gasteiger partial charge on any atom is 0.0108 e. The number of piperazine rings is 2. The Kier molecular flexibility index (Phi) is 6.23. The summed E-state index contributed by atoms with van der Waals surface area (Å²) in [5, 5.41) is 10.3. The first-order valence-electron chi connectivity index (χ1n) is 7.02. The summed E-state index contributed by atoms with van der Waals surface area (Å²) in [6.45, 7) is 14.1.